The Morgan fingerprint density at radius 2 is 2.40 bits per heavy atom. The predicted molar refractivity (Wildman–Crippen MR) is 57.6 cm³/mol. The molecule has 0 saturated heterocycles. The summed E-state index contributed by atoms with van der Waals surface area (Å²) in [7, 11) is 0. The lowest BCUT2D eigenvalue weighted by Crippen LogP contribution is -1.92. The van der Waals surface area contributed by atoms with E-state index in [9.17, 15) is 5.11 Å². The molecule has 1 atom stereocenters. The van der Waals surface area contributed by atoms with Crippen LogP contribution in [0.1, 0.15) is 31.3 Å². The van der Waals surface area contributed by atoms with Crippen molar-refractivity contribution < 1.29 is 9.63 Å². The Hall–Kier alpha value is -1.20. The second-order valence-electron chi connectivity index (χ2n) is 3.26. The van der Waals surface area contributed by atoms with Gasteiger partial charge in [-0.25, -0.2) is 0 Å². The standard InChI is InChI=1S/C10H12N2O2S/c1-3-7-4-5-15-8(7)10-11-9(6(2)13)12-14-10/h4-6,13H,3H2,1-2H3. The first-order valence-corrected chi connectivity index (χ1v) is 5.68. The highest BCUT2D eigenvalue weighted by molar-refractivity contribution is 7.13. The van der Waals surface area contributed by atoms with Crippen molar-refractivity contribution in [2.24, 2.45) is 0 Å². The summed E-state index contributed by atoms with van der Waals surface area (Å²) >= 11 is 1.57. The van der Waals surface area contributed by atoms with E-state index in [0.717, 1.165) is 11.3 Å². The van der Waals surface area contributed by atoms with Gasteiger partial charge in [0.15, 0.2) is 5.82 Å². The van der Waals surface area contributed by atoms with Crippen molar-refractivity contribution >= 4 is 11.3 Å². The number of aromatic nitrogens is 2. The van der Waals surface area contributed by atoms with Gasteiger partial charge in [-0.3, -0.25) is 0 Å². The number of hydrogen-bond acceptors (Lipinski definition) is 5. The Morgan fingerprint density at radius 1 is 1.60 bits per heavy atom. The highest BCUT2D eigenvalue weighted by Gasteiger charge is 2.15. The van der Waals surface area contributed by atoms with E-state index >= 15 is 0 Å². The highest BCUT2D eigenvalue weighted by Crippen LogP contribution is 2.29. The van der Waals surface area contributed by atoms with E-state index in [0.29, 0.717) is 11.7 Å². The van der Waals surface area contributed by atoms with E-state index in [1.165, 1.54) is 5.56 Å². The fourth-order valence-corrected chi connectivity index (χ4v) is 2.21. The van der Waals surface area contributed by atoms with Crippen LogP contribution in [-0.4, -0.2) is 15.2 Å². The molecule has 15 heavy (non-hydrogen) atoms. The van der Waals surface area contributed by atoms with Crippen LogP contribution in [0.15, 0.2) is 16.0 Å². The van der Waals surface area contributed by atoms with Crippen LogP contribution in [0.25, 0.3) is 10.8 Å². The maximum absolute atomic E-state index is 9.28. The number of hydrogen-bond donors (Lipinski definition) is 1. The molecule has 2 aromatic heterocycles. The topological polar surface area (TPSA) is 59.2 Å². The molecule has 0 amide bonds. The first-order valence-electron chi connectivity index (χ1n) is 4.80. The van der Waals surface area contributed by atoms with Crippen molar-refractivity contribution in [3.63, 3.8) is 0 Å². The van der Waals surface area contributed by atoms with Gasteiger partial charge in [0.1, 0.15) is 6.10 Å². The largest absolute Gasteiger partial charge is 0.385 e. The van der Waals surface area contributed by atoms with E-state index in [1.54, 1.807) is 18.3 Å². The lowest BCUT2D eigenvalue weighted by atomic mass is 10.2. The van der Waals surface area contributed by atoms with Gasteiger partial charge < -0.3 is 9.63 Å². The summed E-state index contributed by atoms with van der Waals surface area (Å²) in [4.78, 5) is 5.14. The summed E-state index contributed by atoms with van der Waals surface area (Å²) in [6, 6.07) is 2.05. The van der Waals surface area contributed by atoms with Crippen LogP contribution in [-0.2, 0) is 6.42 Å². The van der Waals surface area contributed by atoms with Gasteiger partial charge in [-0.1, -0.05) is 12.1 Å². The van der Waals surface area contributed by atoms with Gasteiger partial charge in [-0.05, 0) is 30.4 Å². The van der Waals surface area contributed by atoms with Crippen LogP contribution in [0.2, 0.25) is 0 Å². The minimum absolute atomic E-state index is 0.334. The monoisotopic (exact) mass is 224 g/mol. The van der Waals surface area contributed by atoms with Crippen LogP contribution >= 0.6 is 11.3 Å². The first-order chi connectivity index (χ1) is 7.22. The van der Waals surface area contributed by atoms with Crippen molar-refractivity contribution in [2.45, 2.75) is 26.4 Å². The quantitative estimate of drug-likeness (QED) is 0.869. The Labute approximate surface area is 91.6 Å². The molecule has 2 aromatic rings. The van der Waals surface area contributed by atoms with Crippen LogP contribution in [0, 0.1) is 0 Å². The molecule has 0 spiro atoms. The fraction of sp³-hybridized carbons (Fsp3) is 0.400. The first kappa shape index (κ1) is 10.3. The van der Waals surface area contributed by atoms with Crippen molar-refractivity contribution in [1.29, 1.82) is 0 Å². The van der Waals surface area contributed by atoms with Crippen LogP contribution in [0.3, 0.4) is 0 Å². The Balaban J connectivity index is 2.37. The third-order valence-corrected chi connectivity index (χ3v) is 3.08. The number of nitrogens with zero attached hydrogens (tertiary/aromatic N) is 2. The molecular formula is C10H12N2O2S. The van der Waals surface area contributed by atoms with Gasteiger partial charge in [0.05, 0.1) is 4.88 Å². The van der Waals surface area contributed by atoms with E-state index in [4.69, 9.17) is 4.52 Å². The van der Waals surface area contributed by atoms with Gasteiger partial charge in [0.25, 0.3) is 5.89 Å². The summed E-state index contributed by atoms with van der Waals surface area (Å²) in [6.07, 6.45) is 0.248. The zero-order valence-electron chi connectivity index (χ0n) is 8.60. The number of aliphatic hydroxyl groups is 1. The van der Waals surface area contributed by atoms with Gasteiger partial charge in [0, 0.05) is 0 Å². The van der Waals surface area contributed by atoms with E-state index < -0.39 is 6.10 Å². The molecule has 0 saturated carbocycles. The van der Waals surface area contributed by atoms with E-state index in [2.05, 4.69) is 17.1 Å². The Kier molecular flexibility index (Phi) is 2.83. The zero-order valence-corrected chi connectivity index (χ0v) is 9.41. The van der Waals surface area contributed by atoms with Crippen LogP contribution in [0.4, 0.5) is 0 Å². The van der Waals surface area contributed by atoms with Crippen molar-refractivity contribution in [3.05, 3.63) is 22.8 Å². The fourth-order valence-electron chi connectivity index (χ4n) is 1.30. The number of aliphatic hydroxyl groups excluding tert-OH is 1. The predicted octanol–water partition coefficient (Wildman–Crippen LogP) is 2.41. The van der Waals surface area contributed by atoms with Crippen molar-refractivity contribution in [3.8, 4) is 10.8 Å². The van der Waals surface area contributed by atoms with Crippen molar-refractivity contribution in [2.75, 3.05) is 0 Å². The summed E-state index contributed by atoms with van der Waals surface area (Å²) in [6.45, 7) is 3.70. The molecule has 1 unspecified atom stereocenters. The molecule has 0 fully saturated rings. The molecule has 1 N–H and O–H groups in total. The van der Waals surface area contributed by atoms with E-state index in [-0.39, 0.29) is 0 Å². The van der Waals surface area contributed by atoms with Crippen LogP contribution < -0.4 is 0 Å². The second kappa shape index (κ2) is 4.12. The third-order valence-electron chi connectivity index (χ3n) is 2.14. The van der Waals surface area contributed by atoms with Gasteiger partial charge >= 0.3 is 0 Å². The average molecular weight is 224 g/mol. The van der Waals surface area contributed by atoms with Gasteiger partial charge in [0.2, 0.25) is 0 Å². The summed E-state index contributed by atoms with van der Waals surface area (Å²) in [5.41, 5.74) is 1.20. The van der Waals surface area contributed by atoms with Crippen molar-refractivity contribution in [1.82, 2.24) is 10.1 Å². The highest BCUT2D eigenvalue weighted by atomic mass is 32.1. The molecule has 5 heteroatoms. The molecule has 0 aliphatic carbocycles. The lowest BCUT2D eigenvalue weighted by Gasteiger charge is -1.94. The smallest absolute Gasteiger partial charge is 0.268 e. The summed E-state index contributed by atoms with van der Waals surface area (Å²) < 4.78 is 5.10. The lowest BCUT2D eigenvalue weighted by molar-refractivity contribution is 0.184. The second-order valence-corrected chi connectivity index (χ2v) is 4.18. The molecule has 0 bridgehead atoms. The summed E-state index contributed by atoms with van der Waals surface area (Å²) in [5.74, 6) is 0.832. The van der Waals surface area contributed by atoms with Crippen LogP contribution in [0.5, 0.6) is 0 Å². The minimum Gasteiger partial charge on any atom is -0.385 e. The molecule has 4 nitrogen and oxygen atoms in total. The number of rotatable bonds is 3. The normalized spacial score (nSPS) is 13.0. The molecule has 0 aromatic carbocycles. The molecule has 0 radical (unpaired) electrons. The molecule has 0 aliphatic rings. The maximum atomic E-state index is 9.28. The van der Waals surface area contributed by atoms with Gasteiger partial charge in [-0.15, -0.1) is 11.3 Å². The number of thiophene rings is 1. The molecule has 2 rings (SSSR count). The molecular weight excluding hydrogens is 212 g/mol. The third kappa shape index (κ3) is 1.93. The molecule has 2 heterocycles. The minimum atomic E-state index is -0.687. The molecule has 80 valence electrons. The zero-order chi connectivity index (χ0) is 10.8. The summed E-state index contributed by atoms with van der Waals surface area (Å²) in [5, 5.41) is 15.0. The van der Waals surface area contributed by atoms with Gasteiger partial charge in [-0.2, -0.15) is 4.98 Å². The maximum Gasteiger partial charge on any atom is 0.268 e. The SMILES string of the molecule is CCc1ccsc1-c1nc(C(C)O)no1. The Bertz CT molecular complexity index is 448. The number of aryl methyl sites for hydroxylation is 1. The van der Waals surface area contributed by atoms with E-state index in [1.807, 2.05) is 11.4 Å². The Morgan fingerprint density at radius 3 is 3.00 bits per heavy atom. The average Bonchev–Trinajstić information content (AvgIpc) is 2.85. The molecule has 0 aliphatic heterocycles.